The molecule has 1 N–H and O–H groups in total. The Balaban J connectivity index is 1.81. The van der Waals surface area contributed by atoms with Crippen molar-refractivity contribution in [3.05, 3.63) is 29.8 Å². The summed E-state index contributed by atoms with van der Waals surface area (Å²) in [4.78, 5) is 17.0. The van der Waals surface area contributed by atoms with E-state index in [0.717, 1.165) is 57.1 Å². The number of hydrogen-bond acceptors (Lipinski definition) is 4. The third-order valence-corrected chi connectivity index (χ3v) is 4.39. The quantitative estimate of drug-likeness (QED) is 0.900. The molecule has 2 aliphatic rings. The highest BCUT2D eigenvalue weighted by Crippen LogP contribution is 2.24. The lowest BCUT2D eigenvalue weighted by atomic mass is 10.1. The summed E-state index contributed by atoms with van der Waals surface area (Å²) in [5.41, 5.74) is 1.83. The summed E-state index contributed by atoms with van der Waals surface area (Å²) in [5, 5.41) is 3.32. The van der Waals surface area contributed by atoms with Crippen LogP contribution in [0.2, 0.25) is 0 Å². The first kappa shape index (κ1) is 14.4. The second kappa shape index (κ2) is 6.45. The standard InChI is InChI=1S/C16H23N3O2/c1-18(13-6-7-17-12-13)16(20)14-4-2-3-5-15(14)19-8-10-21-11-9-19/h2-5,13,17H,6-12H2,1H3. The molecule has 2 fully saturated rings. The number of amides is 1. The first-order chi connectivity index (χ1) is 10.3. The molecule has 1 aromatic rings. The summed E-state index contributed by atoms with van der Waals surface area (Å²) in [7, 11) is 1.91. The van der Waals surface area contributed by atoms with Crippen LogP contribution in [0.1, 0.15) is 16.8 Å². The number of benzene rings is 1. The van der Waals surface area contributed by atoms with Gasteiger partial charge in [-0.1, -0.05) is 12.1 Å². The fourth-order valence-corrected chi connectivity index (χ4v) is 3.06. The molecule has 1 amide bonds. The van der Waals surface area contributed by atoms with Gasteiger partial charge in [0.2, 0.25) is 0 Å². The van der Waals surface area contributed by atoms with Crippen molar-refractivity contribution in [2.75, 3.05) is 51.3 Å². The van der Waals surface area contributed by atoms with Crippen molar-refractivity contribution in [1.29, 1.82) is 0 Å². The number of likely N-dealkylation sites (N-methyl/N-ethyl adjacent to an activating group) is 1. The molecule has 0 saturated carbocycles. The lowest BCUT2D eigenvalue weighted by Gasteiger charge is -2.32. The van der Waals surface area contributed by atoms with Gasteiger partial charge in [-0.2, -0.15) is 0 Å². The topological polar surface area (TPSA) is 44.8 Å². The molecule has 1 atom stereocenters. The average Bonchev–Trinajstić information content (AvgIpc) is 3.09. The predicted molar refractivity (Wildman–Crippen MR) is 82.8 cm³/mol. The summed E-state index contributed by atoms with van der Waals surface area (Å²) >= 11 is 0. The monoisotopic (exact) mass is 289 g/mol. The zero-order valence-electron chi connectivity index (χ0n) is 12.5. The van der Waals surface area contributed by atoms with Crippen molar-refractivity contribution in [2.24, 2.45) is 0 Å². The van der Waals surface area contributed by atoms with Gasteiger partial charge in [-0.3, -0.25) is 4.79 Å². The Morgan fingerprint density at radius 1 is 1.33 bits per heavy atom. The number of carbonyl (C=O) groups is 1. The number of hydrogen-bond donors (Lipinski definition) is 1. The minimum Gasteiger partial charge on any atom is -0.378 e. The number of ether oxygens (including phenoxy) is 1. The lowest BCUT2D eigenvalue weighted by Crippen LogP contribution is -2.41. The van der Waals surface area contributed by atoms with Crippen molar-refractivity contribution in [3.8, 4) is 0 Å². The van der Waals surface area contributed by atoms with E-state index >= 15 is 0 Å². The smallest absolute Gasteiger partial charge is 0.255 e. The number of carbonyl (C=O) groups excluding carboxylic acids is 1. The Morgan fingerprint density at radius 3 is 2.81 bits per heavy atom. The van der Waals surface area contributed by atoms with Crippen LogP contribution in [-0.2, 0) is 4.74 Å². The number of nitrogens with one attached hydrogen (secondary N) is 1. The number of nitrogens with zero attached hydrogens (tertiary/aromatic N) is 2. The molecule has 0 aliphatic carbocycles. The highest BCUT2D eigenvalue weighted by molar-refractivity contribution is 5.99. The fourth-order valence-electron chi connectivity index (χ4n) is 3.06. The molecular weight excluding hydrogens is 266 g/mol. The van der Waals surface area contributed by atoms with Gasteiger partial charge in [0.15, 0.2) is 0 Å². The van der Waals surface area contributed by atoms with Crippen molar-refractivity contribution in [2.45, 2.75) is 12.5 Å². The van der Waals surface area contributed by atoms with E-state index in [4.69, 9.17) is 4.74 Å². The van der Waals surface area contributed by atoms with Crippen LogP contribution in [0.15, 0.2) is 24.3 Å². The van der Waals surface area contributed by atoms with E-state index in [1.54, 1.807) is 0 Å². The molecule has 0 spiro atoms. The van der Waals surface area contributed by atoms with E-state index in [1.807, 2.05) is 36.2 Å². The first-order valence-electron chi connectivity index (χ1n) is 7.67. The zero-order valence-corrected chi connectivity index (χ0v) is 12.5. The Bertz CT molecular complexity index is 494. The third kappa shape index (κ3) is 3.04. The van der Waals surface area contributed by atoms with E-state index in [-0.39, 0.29) is 5.91 Å². The van der Waals surface area contributed by atoms with Crippen LogP contribution in [0, 0.1) is 0 Å². The second-order valence-corrected chi connectivity index (χ2v) is 5.68. The minimum absolute atomic E-state index is 0.116. The van der Waals surface area contributed by atoms with Crippen LogP contribution in [0.4, 0.5) is 5.69 Å². The maximum absolute atomic E-state index is 12.8. The molecule has 21 heavy (non-hydrogen) atoms. The molecular formula is C16H23N3O2. The molecule has 1 unspecified atom stereocenters. The molecule has 0 aromatic heterocycles. The molecule has 1 aromatic carbocycles. The highest BCUT2D eigenvalue weighted by Gasteiger charge is 2.26. The largest absolute Gasteiger partial charge is 0.378 e. The Labute approximate surface area is 125 Å². The molecule has 5 nitrogen and oxygen atoms in total. The van der Waals surface area contributed by atoms with Crippen LogP contribution in [-0.4, -0.2) is 63.3 Å². The average molecular weight is 289 g/mol. The van der Waals surface area contributed by atoms with Crippen molar-refractivity contribution in [1.82, 2.24) is 10.2 Å². The van der Waals surface area contributed by atoms with Crippen LogP contribution < -0.4 is 10.2 Å². The molecule has 5 heteroatoms. The summed E-state index contributed by atoms with van der Waals surface area (Å²) in [5.74, 6) is 0.116. The zero-order chi connectivity index (χ0) is 14.7. The van der Waals surface area contributed by atoms with Gasteiger partial charge in [0.1, 0.15) is 0 Å². The van der Waals surface area contributed by atoms with Gasteiger partial charge in [-0.05, 0) is 25.1 Å². The maximum Gasteiger partial charge on any atom is 0.255 e. The molecule has 2 aliphatic heterocycles. The van der Waals surface area contributed by atoms with Crippen LogP contribution in [0.25, 0.3) is 0 Å². The van der Waals surface area contributed by atoms with Crippen molar-refractivity contribution < 1.29 is 9.53 Å². The van der Waals surface area contributed by atoms with Gasteiger partial charge in [0.05, 0.1) is 18.8 Å². The summed E-state index contributed by atoms with van der Waals surface area (Å²) in [6.07, 6.45) is 1.03. The highest BCUT2D eigenvalue weighted by atomic mass is 16.5. The number of morpholine rings is 1. The van der Waals surface area contributed by atoms with Crippen molar-refractivity contribution >= 4 is 11.6 Å². The molecule has 0 bridgehead atoms. The van der Waals surface area contributed by atoms with Crippen molar-refractivity contribution in [3.63, 3.8) is 0 Å². The van der Waals surface area contributed by atoms with Crippen LogP contribution >= 0.6 is 0 Å². The Kier molecular flexibility index (Phi) is 4.41. The Hall–Kier alpha value is -1.59. The molecule has 2 heterocycles. The van der Waals surface area contributed by atoms with E-state index < -0.39 is 0 Å². The maximum atomic E-state index is 12.8. The lowest BCUT2D eigenvalue weighted by molar-refractivity contribution is 0.0743. The summed E-state index contributed by atoms with van der Waals surface area (Å²) < 4.78 is 5.41. The van der Waals surface area contributed by atoms with Gasteiger partial charge in [-0.15, -0.1) is 0 Å². The Morgan fingerprint density at radius 2 is 2.10 bits per heavy atom. The van der Waals surface area contributed by atoms with Gasteiger partial charge in [-0.25, -0.2) is 0 Å². The van der Waals surface area contributed by atoms with Gasteiger partial charge in [0.25, 0.3) is 5.91 Å². The predicted octanol–water partition coefficient (Wildman–Crippen LogP) is 0.957. The number of para-hydroxylation sites is 1. The first-order valence-corrected chi connectivity index (χ1v) is 7.67. The molecule has 2 saturated heterocycles. The normalized spacial score (nSPS) is 22.3. The molecule has 114 valence electrons. The number of rotatable bonds is 3. The third-order valence-electron chi connectivity index (χ3n) is 4.39. The second-order valence-electron chi connectivity index (χ2n) is 5.68. The van der Waals surface area contributed by atoms with Crippen LogP contribution in [0.3, 0.4) is 0 Å². The summed E-state index contributed by atoms with van der Waals surface area (Å²) in [6, 6.07) is 8.22. The van der Waals surface area contributed by atoms with E-state index in [0.29, 0.717) is 6.04 Å². The molecule has 0 radical (unpaired) electrons. The van der Waals surface area contributed by atoms with Gasteiger partial charge >= 0.3 is 0 Å². The SMILES string of the molecule is CN(C(=O)c1ccccc1N1CCOCC1)C1CCNC1. The van der Waals surface area contributed by atoms with Gasteiger partial charge < -0.3 is 19.9 Å². The van der Waals surface area contributed by atoms with E-state index in [2.05, 4.69) is 10.2 Å². The summed E-state index contributed by atoms with van der Waals surface area (Å²) in [6.45, 7) is 5.03. The van der Waals surface area contributed by atoms with Crippen LogP contribution in [0.5, 0.6) is 0 Å². The number of anilines is 1. The van der Waals surface area contributed by atoms with E-state index in [9.17, 15) is 4.79 Å². The molecule has 3 rings (SSSR count). The van der Waals surface area contributed by atoms with Gasteiger partial charge in [0, 0.05) is 38.4 Å². The van der Waals surface area contributed by atoms with E-state index in [1.165, 1.54) is 0 Å². The minimum atomic E-state index is 0.116. The fraction of sp³-hybridized carbons (Fsp3) is 0.562.